The van der Waals surface area contributed by atoms with Crippen LogP contribution in [-0.2, 0) is 0 Å². The molecule has 3 aromatic heterocycles. The normalized spacial score (nSPS) is 12.9. The number of hydrogen-bond acceptors (Lipinski definition) is 7. The van der Waals surface area contributed by atoms with E-state index in [1.54, 1.807) is 22.9 Å². The second-order valence-electron chi connectivity index (χ2n) is 7.29. The molecule has 5 rings (SSSR count). The van der Waals surface area contributed by atoms with Gasteiger partial charge < -0.3 is 21.3 Å². The van der Waals surface area contributed by atoms with Gasteiger partial charge in [-0.1, -0.05) is 6.08 Å². The van der Waals surface area contributed by atoms with E-state index < -0.39 is 5.91 Å². The van der Waals surface area contributed by atoms with Gasteiger partial charge in [-0.05, 0) is 50.3 Å². The van der Waals surface area contributed by atoms with Crippen LogP contribution in [0, 0.1) is 0 Å². The minimum Gasteiger partial charge on any atom is -0.659 e. The van der Waals surface area contributed by atoms with Gasteiger partial charge in [-0.3, -0.25) is 4.79 Å². The van der Waals surface area contributed by atoms with Gasteiger partial charge in [-0.25, -0.2) is 14.5 Å². The van der Waals surface area contributed by atoms with E-state index in [0.717, 1.165) is 43.1 Å². The Morgan fingerprint density at radius 2 is 1.94 bits per heavy atom. The second-order valence-corrected chi connectivity index (χ2v) is 8.20. The number of carbonyl (C=O) groups is 1. The average molecular weight is 547 g/mol. The molecule has 9 nitrogen and oxygen atoms in total. The molecule has 1 aromatic carbocycles. The van der Waals surface area contributed by atoms with Crippen LogP contribution >= 0.6 is 11.3 Å². The number of amides is 1. The van der Waals surface area contributed by atoms with E-state index in [0.29, 0.717) is 16.3 Å². The van der Waals surface area contributed by atoms with E-state index in [4.69, 9.17) is 5.73 Å². The first-order chi connectivity index (χ1) is 16.1. The summed E-state index contributed by atoms with van der Waals surface area (Å²) in [4.78, 5) is 23.1. The van der Waals surface area contributed by atoms with Crippen LogP contribution in [0.4, 0.5) is 17.2 Å². The molecule has 170 valence electrons. The van der Waals surface area contributed by atoms with E-state index in [1.807, 2.05) is 24.4 Å². The molecule has 0 atom stereocenters. The predicted octanol–water partition coefficient (Wildman–Crippen LogP) is 1.09. The summed E-state index contributed by atoms with van der Waals surface area (Å²) in [7, 11) is 0. The number of allylic oxidation sites excluding steroid dienone is 1. The maximum absolute atomic E-state index is 11.4. The summed E-state index contributed by atoms with van der Waals surface area (Å²) in [5.74, 6) is 0.154. The number of nitrogens with zero attached hydrogens (tertiary/aromatic N) is 6. The third-order valence-electron chi connectivity index (χ3n) is 4.99. The molecule has 4 heterocycles. The molecule has 0 aliphatic carbocycles. The summed E-state index contributed by atoms with van der Waals surface area (Å²) >= 11 is 1.29. The molecule has 1 fully saturated rings. The number of nitrogens with two attached hydrogens (primary N) is 1. The van der Waals surface area contributed by atoms with Crippen LogP contribution in [0.15, 0.2) is 60.9 Å². The van der Waals surface area contributed by atoms with Crippen molar-refractivity contribution in [3.8, 4) is 11.3 Å². The maximum Gasteiger partial charge on any atom is 1.00 e. The third-order valence-corrected chi connectivity index (χ3v) is 5.94. The van der Waals surface area contributed by atoms with Crippen molar-refractivity contribution >= 4 is 40.1 Å². The Hall–Kier alpha value is -1.95. The first kappa shape index (κ1) is 26.6. The number of benzene rings is 1. The first-order valence-electron chi connectivity index (χ1n) is 10.5. The summed E-state index contributed by atoms with van der Waals surface area (Å²) in [6.07, 6.45) is 4.94. The molecule has 0 bridgehead atoms. The Bertz CT molecular complexity index is 1250. The summed E-state index contributed by atoms with van der Waals surface area (Å²) in [6, 6.07) is 9.99. The van der Waals surface area contributed by atoms with E-state index >= 15 is 0 Å². The molecule has 3 N–H and O–H groups in total. The number of aromatic nitrogens is 4. The number of thiophene rings is 1. The minimum atomic E-state index is -0.449. The average Bonchev–Trinajstić information content (AvgIpc) is 3.52. The van der Waals surface area contributed by atoms with Crippen LogP contribution in [0.2, 0.25) is 0 Å². The Kier molecular flexibility index (Phi) is 9.92. The zero-order valence-corrected chi connectivity index (χ0v) is 25.0. The standard InChI is InChI=1S/C20H19N8OS.C3H6.Rb/c21-18(29)17-9-13(11-30-17)16-10-23-19(20-24-12-25-28(16)20)26-14-1-3-15(4-2-14)27-7-5-22-6-8-27;1-3-2;/h1-4,9-12H,5-8H2,(H2,21,29)(H,23,26);3H,1H2,2H3;/q-1;;+1. The topological polar surface area (TPSA) is 116 Å². The van der Waals surface area contributed by atoms with Crippen LogP contribution < -0.4 is 74.1 Å². The van der Waals surface area contributed by atoms with Gasteiger partial charge in [0.1, 0.15) is 6.33 Å². The van der Waals surface area contributed by atoms with E-state index in [-0.39, 0.29) is 58.2 Å². The van der Waals surface area contributed by atoms with Crippen LogP contribution in [0.25, 0.3) is 22.2 Å². The van der Waals surface area contributed by atoms with Gasteiger partial charge in [0.2, 0.25) is 0 Å². The van der Waals surface area contributed by atoms with Crippen molar-refractivity contribution in [1.29, 1.82) is 0 Å². The van der Waals surface area contributed by atoms with Crippen molar-refractivity contribution < 1.29 is 63.0 Å². The number of nitrogens with one attached hydrogen (secondary N) is 1. The number of fused-ring (bicyclic) bond motifs is 1. The number of primary amides is 1. The monoisotopic (exact) mass is 546 g/mol. The third kappa shape index (κ3) is 6.18. The number of rotatable bonds is 5. The van der Waals surface area contributed by atoms with Crippen LogP contribution in [0.3, 0.4) is 0 Å². The van der Waals surface area contributed by atoms with Crippen LogP contribution in [0.5, 0.6) is 0 Å². The first-order valence-corrected chi connectivity index (χ1v) is 11.4. The van der Waals surface area contributed by atoms with Gasteiger partial charge in [0.15, 0.2) is 11.5 Å². The SMILES string of the molecule is C=CC.NC(=O)c1cc(-c2cnc(Nc3ccc(N4CC[N-]CC4)cc3)c3ncnn23)cs1.[Rb+]. The molecule has 4 aromatic rings. The molecule has 1 amide bonds. The molecule has 0 spiro atoms. The Balaban J connectivity index is 0.000000771. The number of hydrogen-bond donors (Lipinski definition) is 2. The zero-order chi connectivity index (χ0) is 23.2. The fourth-order valence-corrected chi connectivity index (χ4v) is 4.21. The van der Waals surface area contributed by atoms with Crippen LogP contribution in [-0.4, -0.2) is 51.7 Å². The van der Waals surface area contributed by atoms with E-state index in [1.165, 1.54) is 23.4 Å². The summed E-state index contributed by atoms with van der Waals surface area (Å²) in [6.45, 7) is 8.92. The summed E-state index contributed by atoms with van der Waals surface area (Å²) in [5, 5.41) is 13.9. The molecule has 0 unspecified atom stereocenters. The molecule has 1 aliphatic heterocycles. The van der Waals surface area contributed by atoms with Crippen molar-refractivity contribution in [1.82, 2.24) is 19.6 Å². The Morgan fingerprint density at radius 3 is 2.59 bits per heavy atom. The molecule has 0 radical (unpaired) electrons. The second kappa shape index (κ2) is 12.7. The van der Waals surface area contributed by atoms with Crippen molar-refractivity contribution in [2.24, 2.45) is 5.73 Å². The summed E-state index contributed by atoms with van der Waals surface area (Å²) < 4.78 is 1.70. The maximum atomic E-state index is 11.4. The van der Waals surface area contributed by atoms with Gasteiger partial charge in [-0.2, -0.15) is 5.10 Å². The van der Waals surface area contributed by atoms with Gasteiger partial charge in [0.25, 0.3) is 5.91 Å². The van der Waals surface area contributed by atoms with Crippen molar-refractivity contribution in [3.63, 3.8) is 0 Å². The zero-order valence-electron chi connectivity index (χ0n) is 19.3. The van der Waals surface area contributed by atoms with E-state index in [9.17, 15) is 4.79 Å². The van der Waals surface area contributed by atoms with Gasteiger partial charge in [0.05, 0.1) is 16.8 Å². The fourth-order valence-electron chi connectivity index (χ4n) is 3.46. The van der Waals surface area contributed by atoms with E-state index in [2.05, 4.69) is 49.3 Å². The fraction of sp³-hybridized carbons (Fsp3) is 0.217. The molecule has 0 saturated carbocycles. The summed E-state index contributed by atoms with van der Waals surface area (Å²) in [5.41, 5.74) is 9.63. The minimum absolute atomic E-state index is 0. The molecule has 1 saturated heterocycles. The smallest absolute Gasteiger partial charge is 0.659 e. The molecular weight excluding hydrogens is 522 g/mol. The van der Waals surface area contributed by atoms with Crippen molar-refractivity contribution in [2.75, 3.05) is 36.4 Å². The van der Waals surface area contributed by atoms with Gasteiger partial charge in [0, 0.05) is 22.3 Å². The Morgan fingerprint density at radius 1 is 1.24 bits per heavy atom. The predicted molar refractivity (Wildman–Crippen MR) is 134 cm³/mol. The van der Waals surface area contributed by atoms with Crippen LogP contribution in [0.1, 0.15) is 16.6 Å². The Labute approximate surface area is 251 Å². The number of anilines is 3. The van der Waals surface area contributed by atoms with Gasteiger partial charge >= 0.3 is 58.2 Å². The molecule has 1 aliphatic rings. The van der Waals surface area contributed by atoms with Crippen molar-refractivity contribution in [2.45, 2.75) is 6.92 Å². The molecule has 11 heteroatoms. The van der Waals surface area contributed by atoms with Gasteiger partial charge in [-0.15, -0.1) is 31.0 Å². The largest absolute Gasteiger partial charge is 1.00 e. The number of carbonyl (C=O) groups excluding carboxylic acids is 1. The molecule has 34 heavy (non-hydrogen) atoms. The number of piperazine rings is 1. The quantitative estimate of drug-likeness (QED) is 0.362. The van der Waals surface area contributed by atoms with Crippen molar-refractivity contribution in [3.05, 3.63) is 71.1 Å². The molecular formula is C23H25N8ORbS.